The average Bonchev–Trinajstić information content (AvgIpc) is 4.17. The first-order valence-corrected chi connectivity index (χ1v) is 24.9. The number of nitrogens with two attached hydrogens (primary N) is 1. The molecule has 0 unspecified atom stereocenters. The van der Waals surface area contributed by atoms with Crippen LogP contribution in [-0.4, -0.2) is 144 Å². The minimum atomic E-state index is -0.936. The van der Waals surface area contributed by atoms with Gasteiger partial charge in [-0.05, 0) is 68.5 Å². The molecule has 5 atom stereocenters. The first-order valence-electron chi connectivity index (χ1n) is 23.6. The second-order valence-corrected chi connectivity index (χ2v) is 20.6. The molecule has 21 heteroatoms. The summed E-state index contributed by atoms with van der Waals surface area (Å²) in [6.07, 6.45) is 1.04. The minimum Gasteiger partial charge on any atom is -0.394 e. The number of halogens is 1. The summed E-state index contributed by atoms with van der Waals surface area (Å²) in [5.74, 6) is -1.75. The van der Waals surface area contributed by atoms with E-state index in [1.165, 1.54) is 4.90 Å². The van der Waals surface area contributed by atoms with Gasteiger partial charge < -0.3 is 31.2 Å². The number of oxime groups is 1. The monoisotopic (exact) mass is 1010 g/mol. The van der Waals surface area contributed by atoms with Crippen LogP contribution in [-0.2, 0) is 25.8 Å². The molecule has 2 aliphatic rings. The number of primary amides is 1. The number of aliphatic hydroxyl groups excluding tert-OH is 1. The Labute approximate surface area is 422 Å². The Bertz CT molecular complexity index is 2790. The largest absolute Gasteiger partial charge is 0.394 e. The van der Waals surface area contributed by atoms with Crippen LogP contribution in [0.4, 0.5) is 0 Å². The Balaban J connectivity index is 0.873. The van der Waals surface area contributed by atoms with Gasteiger partial charge >= 0.3 is 0 Å². The Kier molecular flexibility index (Phi) is 16.7. The molecule has 5 aromatic rings. The number of nitriles is 1. The van der Waals surface area contributed by atoms with Crippen LogP contribution in [0.2, 0.25) is 5.02 Å². The standard InChI is InChI=1S/C50H62ClN13O6S/c1-30(26-62-15-14-40(57-62)36-12-13-37(25-52)39(51)22-36)64-42(24-41(58-64)47(53)67)32(3)59-70-21-20-60-16-18-61(19-17-60)28-44(66)56-46(50(5,6)7)49(69)63-27-38(65)23-43(63)48(68)55-31(2)34-8-10-35(11-9-34)45-33(4)54-29-71-45/h8-15,22,24,29-31,38,43,46,65H,16-21,23,26-28H2,1-7H3,(H2,53,67)(H,55,68)(H,56,66)/b59-32+/t30-,31-,38+,43-,46+/m0/s1. The summed E-state index contributed by atoms with van der Waals surface area (Å²) in [6.45, 7) is 17.1. The van der Waals surface area contributed by atoms with E-state index in [1.807, 2.05) is 88.5 Å². The molecule has 3 aromatic heterocycles. The molecule has 0 bridgehead atoms. The summed E-state index contributed by atoms with van der Waals surface area (Å²) in [5, 5.41) is 39.8. The third-order valence-electron chi connectivity index (χ3n) is 12.8. The van der Waals surface area contributed by atoms with E-state index >= 15 is 0 Å². The first kappa shape index (κ1) is 52.3. The molecule has 5 heterocycles. The summed E-state index contributed by atoms with van der Waals surface area (Å²) in [5.41, 5.74) is 12.6. The molecule has 2 fully saturated rings. The van der Waals surface area contributed by atoms with Crippen LogP contribution in [0, 0.1) is 23.7 Å². The number of carbonyl (C=O) groups excluding carboxylic acids is 4. The number of hydrogen-bond acceptors (Lipinski definition) is 14. The van der Waals surface area contributed by atoms with Crippen molar-refractivity contribution in [1.82, 2.24) is 49.9 Å². The molecular weight excluding hydrogens is 946 g/mol. The maximum Gasteiger partial charge on any atom is 0.269 e. The number of benzene rings is 2. The van der Waals surface area contributed by atoms with Crippen LogP contribution < -0.4 is 16.4 Å². The van der Waals surface area contributed by atoms with Crippen molar-refractivity contribution in [1.29, 1.82) is 5.26 Å². The van der Waals surface area contributed by atoms with Gasteiger partial charge in [-0.25, -0.2) is 4.98 Å². The van der Waals surface area contributed by atoms with E-state index in [0.29, 0.717) is 73.6 Å². The van der Waals surface area contributed by atoms with E-state index in [1.54, 1.807) is 51.9 Å². The summed E-state index contributed by atoms with van der Waals surface area (Å²) in [7, 11) is 0. The molecule has 4 amide bonds. The van der Waals surface area contributed by atoms with Crippen LogP contribution in [0.15, 0.2) is 71.5 Å². The first-order chi connectivity index (χ1) is 33.8. The molecule has 0 spiro atoms. The number of hydrogen-bond donors (Lipinski definition) is 4. The highest BCUT2D eigenvalue weighted by Gasteiger charge is 2.45. The minimum absolute atomic E-state index is 0.0125. The lowest BCUT2D eigenvalue weighted by atomic mass is 9.85. The van der Waals surface area contributed by atoms with Crippen LogP contribution in [0.25, 0.3) is 21.7 Å². The van der Waals surface area contributed by atoms with Crippen molar-refractivity contribution in [3.05, 3.63) is 99.5 Å². The van der Waals surface area contributed by atoms with E-state index < -0.39 is 35.4 Å². The van der Waals surface area contributed by atoms with Crippen LogP contribution in [0.5, 0.6) is 0 Å². The van der Waals surface area contributed by atoms with Gasteiger partial charge in [-0.1, -0.05) is 67.9 Å². The third kappa shape index (κ3) is 12.9. The number of likely N-dealkylation sites (tertiary alicyclic amines) is 1. The predicted molar refractivity (Wildman–Crippen MR) is 270 cm³/mol. The number of thiazole rings is 1. The lowest BCUT2D eigenvalue weighted by Gasteiger charge is -2.37. The zero-order valence-corrected chi connectivity index (χ0v) is 42.7. The molecule has 0 saturated carbocycles. The number of aromatic nitrogens is 5. The van der Waals surface area contributed by atoms with Gasteiger partial charge in [-0.15, -0.1) is 11.3 Å². The number of piperazine rings is 1. The van der Waals surface area contributed by atoms with Crippen molar-refractivity contribution in [2.45, 2.75) is 91.7 Å². The van der Waals surface area contributed by atoms with Crippen LogP contribution in [0.1, 0.15) is 93.1 Å². The summed E-state index contributed by atoms with van der Waals surface area (Å²) in [6, 6.07) is 16.1. The van der Waals surface area contributed by atoms with Crippen LogP contribution in [0.3, 0.4) is 0 Å². The zero-order valence-electron chi connectivity index (χ0n) is 41.1. The van der Waals surface area contributed by atoms with Crippen molar-refractivity contribution < 1.29 is 29.1 Å². The fraction of sp³-hybridized carbons (Fsp3) is 0.460. The summed E-state index contributed by atoms with van der Waals surface area (Å²) < 4.78 is 3.44. The van der Waals surface area contributed by atoms with Crippen molar-refractivity contribution in [3.63, 3.8) is 0 Å². The van der Waals surface area contributed by atoms with Gasteiger partial charge in [-0.3, -0.25) is 38.3 Å². The smallest absolute Gasteiger partial charge is 0.269 e. The molecule has 19 nitrogen and oxygen atoms in total. The van der Waals surface area contributed by atoms with Gasteiger partial charge in [0.25, 0.3) is 5.91 Å². The predicted octanol–water partition coefficient (Wildman–Crippen LogP) is 4.79. The second-order valence-electron chi connectivity index (χ2n) is 19.3. The maximum atomic E-state index is 14.2. The number of β-amino-alcohol motifs (C(OH)–C–C–N with tert-alkyl or cyclic N) is 1. The van der Waals surface area contributed by atoms with Gasteiger partial charge in [0, 0.05) is 57.4 Å². The van der Waals surface area contributed by atoms with Crippen molar-refractivity contribution in [3.8, 4) is 27.8 Å². The molecule has 2 saturated heterocycles. The highest BCUT2D eigenvalue weighted by molar-refractivity contribution is 7.13. The van der Waals surface area contributed by atoms with E-state index in [9.17, 15) is 29.5 Å². The Hall–Kier alpha value is -6.50. The number of rotatable bonds is 18. The molecular formula is C50H62ClN13O6S. The van der Waals surface area contributed by atoms with Crippen molar-refractivity contribution >= 4 is 52.3 Å². The number of aliphatic hydroxyl groups is 1. The normalized spacial score (nSPS) is 18.1. The summed E-state index contributed by atoms with van der Waals surface area (Å²) in [4.78, 5) is 70.6. The lowest BCUT2D eigenvalue weighted by molar-refractivity contribution is -0.144. The number of amides is 4. The molecule has 2 aliphatic heterocycles. The van der Waals surface area contributed by atoms with E-state index in [-0.39, 0.29) is 49.1 Å². The van der Waals surface area contributed by atoms with Gasteiger partial charge in [0.1, 0.15) is 30.5 Å². The average molecular weight is 1010 g/mol. The van der Waals surface area contributed by atoms with Crippen molar-refractivity contribution in [2.24, 2.45) is 16.3 Å². The highest BCUT2D eigenvalue weighted by Crippen LogP contribution is 2.30. The molecule has 0 radical (unpaired) electrons. The molecule has 71 heavy (non-hydrogen) atoms. The third-order valence-corrected chi connectivity index (χ3v) is 14.1. The van der Waals surface area contributed by atoms with E-state index in [4.69, 9.17) is 22.2 Å². The number of aryl methyl sites for hydroxylation is 1. The van der Waals surface area contributed by atoms with Gasteiger partial charge in [0.15, 0.2) is 5.69 Å². The second kappa shape index (κ2) is 22.7. The van der Waals surface area contributed by atoms with E-state index in [0.717, 1.165) is 27.3 Å². The van der Waals surface area contributed by atoms with Gasteiger partial charge in [0.05, 0.1) is 69.3 Å². The van der Waals surface area contributed by atoms with E-state index in [2.05, 4.69) is 41.9 Å². The number of nitrogens with zero attached hydrogens (tertiary/aromatic N) is 10. The summed E-state index contributed by atoms with van der Waals surface area (Å²) >= 11 is 7.82. The fourth-order valence-corrected chi connectivity index (χ4v) is 9.84. The fourth-order valence-electron chi connectivity index (χ4n) is 8.81. The van der Waals surface area contributed by atoms with Crippen molar-refractivity contribution in [2.75, 3.05) is 52.4 Å². The molecule has 376 valence electrons. The molecule has 5 N–H and O–H groups in total. The topological polar surface area (TPSA) is 242 Å². The SMILES string of the molecule is C/C(=N\OCCN1CCN(CC(=O)N[C@H](C(=O)N2C[C@H](O)C[C@H]2C(=O)N[C@@H](C)c2ccc(-c3scnc3C)cc2)C(C)(C)C)CC1)c1cc(C(N)=O)nn1[C@@H](C)Cn1ccc(-c2ccc(C#N)c(Cl)c2)n1. The van der Waals surface area contributed by atoms with Crippen LogP contribution >= 0.6 is 22.9 Å². The quantitative estimate of drug-likeness (QED) is 0.0526. The molecule has 2 aromatic carbocycles. The van der Waals surface area contributed by atoms with Gasteiger partial charge in [0.2, 0.25) is 17.7 Å². The Morgan fingerprint density at radius 2 is 1.72 bits per heavy atom. The highest BCUT2D eigenvalue weighted by atomic mass is 35.5. The zero-order chi connectivity index (χ0) is 51.1. The number of nitrogens with one attached hydrogen (secondary N) is 2. The molecule has 7 rings (SSSR count). The lowest BCUT2D eigenvalue weighted by Crippen LogP contribution is -2.59. The van der Waals surface area contributed by atoms with Gasteiger partial charge in [-0.2, -0.15) is 15.5 Å². The maximum absolute atomic E-state index is 14.2. The Morgan fingerprint density at radius 3 is 2.37 bits per heavy atom. The Morgan fingerprint density at radius 1 is 1.01 bits per heavy atom. The molecule has 0 aliphatic carbocycles. The number of carbonyl (C=O) groups is 4.